The lowest BCUT2D eigenvalue weighted by molar-refractivity contribution is -0.116. The van der Waals surface area contributed by atoms with Crippen LogP contribution < -0.4 is 15.1 Å². The molecule has 0 saturated carbocycles. The van der Waals surface area contributed by atoms with E-state index in [0.717, 1.165) is 61.9 Å². The molecule has 182 valence electrons. The van der Waals surface area contributed by atoms with Gasteiger partial charge < -0.3 is 24.6 Å². The standard InChI is InChI=1S/C29H33N3O3/c33-29(22-26(23-7-3-1-4-8-23)24-9-5-2-6-10-24)30-27-12-11-25(31-13-17-34-18-14-31)21-28(27)32-15-19-35-20-16-32/h1-12,21,26H,13-20,22H2,(H,30,33). The number of hydrogen-bond acceptors (Lipinski definition) is 5. The zero-order valence-electron chi connectivity index (χ0n) is 20.1. The first-order valence-electron chi connectivity index (χ1n) is 12.5. The van der Waals surface area contributed by atoms with E-state index >= 15 is 0 Å². The molecule has 2 saturated heterocycles. The molecule has 2 aliphatic heterocycles. The highest BCUT2D eigenvalue weighted by molar-refractivity contribution is 5.95. The summed E-state index contributed by atoms with van der Waals surface area (Å²) in [6.45, 7) is 6.25. The number of hydrogen-bond donors (Lipinski definition) is 1. The molecule has 0 aliphatic carbocycles. The summed E-state index contributed by atoms with van der Waals surface area (Å²) in [5, 5.41) is 3.24. The second kappa shape index (κ2) is 11.4. The summed E-state index contributed by atoms with van der Waals surface area (Å²) >= 11 is 0. The smallest absolute Gasteiger partial charge is 0.225 e. The number of benzene rings is 3. The molecule has 35 heavy (non-hydrogen) atoms. The fourth-order valence-corrected chi connectivity index (χ4v) is 4.90. The first-order valence-corrected chi connectivity index (χ1v) is 12.5. The number of morpholine rings is 2. The van der Waals surface area contributed by atoms with E-state index in [1.807, 2.05) is 42.5 Å². The summed E-state index contributed by atoms with van der Waals surface area (Å²) in [6, 6.07) is 26.9. The number of nitrogens with zero attached hydrogens (tertiary/aromatic N) is 2. The molecule has 6 heteroatoms. The molecule has 0 unspecified atom stereocenters. The fraction of sp³-hybridized carbons (Fsp3) is 0.345. The Morgan fingerprint density at radius 2 is 1.29 bits per heavy atom. The van der Waals surface area contributed by atoms with E-state index in [9.17, 15) is 4.79 Å². The minimum absolute atomic E-state index is 0.00291. The van der Waals surface area contributed by atoms with Gasteiger partial charge in [-0.3, -0.25) is 4.79 Å². The van der Waals surface area contributed by atoms with E-state index < -0.39 is 0 Å². The van der Waals surface area contributed by atoms with Crippen LogP contribution >= 0.6 is 0 Å². The molecule has 0 atom stereocenters. The van der Waals surface area contributed by atoms with Crippen molar-refractivity contribution < 1.29 is 14.3 Å². The molecule has 0 aromatic heterocycles. The predicted octanol–water partition coefficient (Wildman–Crippen LogP) is 4.52. The first kappa shape index (κ1) is 23.4. The lowest BCUT2D eigenvalue weighted by Gasteiger charge is -2.33. The van der Waals surface area contributed by atoms with Crippen molar-refractivity contribution >= 4 is 23.0 Å². The lowest BCUT2D eigenvalue weighted by atomic mass is 9.88. The molecule has 2 aliphatic rings. The molecule has 3 aromatic rings. The molecule has 0 bridgehead atoms. The summed E-state index contributed by atoms with van der Waals surface area (Å²) in [7, 11) is 0. The zero-order chi connectivity index (χ0) is 23.9. The van der Waals surface area contributed by atoms with Crippen LogP contribution in [-0.4, -0.2) is 58.5 Å². The number of carbonyl (C=O) groups excluding carboxylic acids is 1. The van der Waals surface area contributed by atoms with E-state index in [4.69, 9.17) is 9.47 Å². The normalized spacial score (nSPS) is 16.4. The molecule has 0 spiro atoms. The van der Waals surface area contributed by atoms with E-state index in [2.05, 4.69) is 51.5 Å². The molecular formula is C29H33N3O3. The van der Waals surface area contributed by atoms with Gasteiger partial charge in [-0.1, -0.05) is 60.7 Å². The van der Waals surface area contributed by atoms with Gasteiger partial charge in [0.05, 0.1) is 37.8 Å². The average molecular weight is 472 g/mol. The maximum atomic E-state index is 13.4. The van der Waals surface area contributed by atoms with Gasteiger partial charge in [-0.05, 0) is 29.3 Å². The van der Waals surface area contributed by atoms with Crippen molar-refractivity contribution in [3.63, 3.8) is 0 Å². The number of carbonyl (C=O) groups is 1. The van der Waals surface area contributed by atoms with E-state index in [0.29, 0.717) is 19.6 Å². The second-order valence-electron chi connectivity index (χ2n) is 9.03. The average Bonchev–Trinajstić information content (AvgIpc) is 2.94. The van der Waals surface area contributed by atoms with Crippen LogP contribution in [0, 0.1) is 0 Å². The van der Waals surface area contributed by atoms with Crippen molar-refractivity contribution in [1.82, 2.24) is 0 Å². The summed E-state index contributed by atoms with van der Waals surface area (Å²) in [6.07, 6.45) is 0.377. The molecule has 3 aromatic carbocycles. The van der Waals surface area contributed by atoms with Crippen LogP contribution in [0.3, 0.4) is 0 Å². The molecule has 2 fully saturated rings. The van der Waals surface area contributed by atoms with Crippen molar-refractivity contribution in [2.75, 3.05) is 67.7 Å². The van der Waals surface area contributed by atoms with Crippen LogP contribution in [0.2, 0.25) is 0 Å². The van der Waals surface area contributed by atoms with Crippen LogP contribution in [0.1, 0.15) is 23.5 Å². The third-order valence-electron chi connectivity index (χ3n) is 6.78. The van der Waals surface area contributed by atoms with Crippen LogP contribution in [0.15, 0.2) is 78.9 Å². The largest absolute Gasteiger partial charge is 0.378 e. The van der Waals surface area contributed by atoms with Crippen LogP contribution in [0.4, 0.5) is 17.1 Å². The van der Waals surface area contributed by atoms with Crippen molar-refractivity contribution in [2.45, 2.75) is 12.3 Å². The second-order valence-corrected chi connectivity index (χ2v) is 9.03. The Balaban J connectivity index is 1.39. The van der Waals surface area contributed by atoms with E-state index in [1.54, 1.807) is 0 Å². The van der Waals surface area contributed by atoms with Gasteiger partial charge in [0.15, 0.2) is 0 Å². The fourth-order valence-electron chi connectivity index (χ4n) is 4.90. The number of amides is 1. The number of ether oxygens (including phenoxy) is 2. The van der Waals surface area contributed by atoms with Crippen molar-refractivity contribution in [3.8, 4) is 0 Å². The Hall–Kier alpha value is -3.35. The van der Waals surface area contributed by atoms with Gasteiger partial charge in [-0.25, -0.2) is 0 Å². The molecule has 2 heterocycles. The van der Waals surface area contributed by atoms with Gasteiger partial charge in [0.2, 0.25) is 5.91 Å². The summed E-state index contributed by atoms with van der Waals surface area (Å²) in [4.78, 5) is 18.1. The van der Waals surface area contributed by atoms with Crippen molar-refractivity contribution in [1.29, 1.82) is 0 Å². The quantitative estimate of drug-likeness (QED) is 0.549. The Morgan fingerprint density at radius 3 is 1.86 bits per heavy atom. The molecule has 0 radical (unpaired) electrons. The Bertz CT molecular complexity index is 1060. The minimum atomic E-state index is -0.00291. The van der Waals surface area contributed by atoms with Crippen LogP contribution in [0.5, 0.6) is 0 Å². The first-order chi connectivity index (χ1) is 17.3. The monoisotopic (exact) mass is 471 g/mol. The van der Waals surface area contributed by atoms with Gasteiger partial charge in [0, 0.05) is 44.2 Å². The molecule has 5 rings (SSSR count). The maximum Gasteiger partial charge on any atom is 0.225 e. The zero-order valence-corrected chi connectivity index (χ0v) is 20.1. The van der Waals surface area contributed by atoms with E-state index in [-0.39, 0.29) is 11.8 Å². The number of rotatable bonds is 7. The van der Waals surface area contributed by atoms with Crippen LogP contribution in [-0.2, 0) is 14.3 Å². The van der Waals surface area contributed by atoms with Crippen molar-refractivity contribution in [3.05, 3.63) is 90.0 Å². The topological polar surface area (TPSA) is 54.0 Å². The van der Waals surface area contributed by atoms with Gasteiger partial charge in [-0.2, -0.15) is 0 Å². The number of nitrogens with one attached hydrogen (secondary N) is 1. The molecule has 1 amide bonds. The van der Waals surface area contributed by atoms with Gasteiger partial charge >= 0.3 is 0 Å². The van der Waals surface area contributed by atoms with E-state index in [1.165, 1.54) is 5.69 Å². The predicted molar refractivity (Wildman–Crippen MR) is 140 cm³/mol. The van der Waals surface area contributed by atoms with Crippen LogP contribution in [0.25, 0.3) is 0 Å². The van der Waals surface area contributed by atoms with Gasteiger partial charge in [-0.15, -0.1) is 0 Å². The summed E-state index contributed by atoms with van der Waals surface area (Å²) < 4.78 is 11.1. The molecule has 6 nitrogen and oxygen atoms in total. The summed E-state index contributed by atoms with van der Waals surface area (Å²) in [5.41, 5.74) is 5.37. The lowest BCUT2D eigenvalue weighted by Crippen LogP contribution is -2.38. The highest BCUT2D eigenvalue weighted by Gasteiger charge is 2.22. The van der Waals surface area contributed by atoms with Crippen molar-refractivity contribution in [2.24, 2.45) is 0 Å². The molecule has 1 N–H and O–H groups in total. The van der Waals surface area contributed by atoms with Gasteiger partial charge in [0.1, 0.15) is 0 Å². The summed E-state index contributed by atoms with van der Waals surface area (Å²) in [5.74, 6) is 0.00759. The highest BCUT2D eigenvalue weighted by Crippen LogP contribution is 2.34. The Kier molecular flexibility index (Phi) is 7.61. The van der Waals surface area contributed by atoms with Gasteiger partial charge in [0.25, 0.3) is 0 Å². The third-order valence-corrected chi connectivity index (χ3v) is 6.78. The SMILES string of the molecule is O=C(CC(c1ccccc1)c1ccccc1)Nc1ccc(N2CCOCC2)cc1N1CCOCC1. The maximum absolute atomic E-state index is 13.4. The third kappa shape index (κ3) is 5.84. The minimum Gasteiger partial charge on any atom is -0.378 e. The highest BCUT2D eigenvalue weighted by atomic mass is 16.5. The molecular weight excluding hydrogens is 438 g/mol. The Labute approximate surface area is 207 Å². The Morgan fingerprint density at radius 1 is 0.743 bits per heavy atom. The number of anilines is 3.